The first-order chi connectivity index (χ1) is 14.7. The molecule has 2 aliphatic heterocycles. The normalized spacial score (nSPS) is 26.5. The third-order valence-corrected chi connectivity index (χ3v) is 8.34. The van der Waals surface area contributed by atoms with Crippen LogP contribution in [0.1, 0.15) is 32.6 Å². The summed E-state index contributed by atoms with van der Waals surface area (Å²) in [7, 11) is -3.14. The summed E-state index contributed by atoms with van der Waals surface area (Å²) in [5, 5.41) is 9.53. The summed E-state index contributed by atoms with van der Waals surface area (Å²) in [5.74, 6) is 1.85. The zero-order chi connectivity index (χ0) is 22.2. The molecule has 0 bridgehead atoms. The number of pyridine rings is 1. The second-order valence-corrected chi connectivity index (χ2v) is 11.3. The number of aromatic nitrogens is 1. The molecule has 1 N–H and O–H groups in total. The van der Waals surface area contributed by atoms with E-state index in [1.165, 1.54) is 10.6 Å². The van der Waals surface area contributed by atoms with E-state index < -0.39 is 16.1 Å². The van der Waals surface area contributed by atoms with Crippen LogP contribution >= 0.6 is 0 Å². The molecule has 0 spiro atoms. The summed E-state index contributed by atoms with van der Waals surface area (Å²) >= 11 is 0. The number of carboxylic acid groups (broad SMARTS) is 1. The second-order valence-electron chi connectivity index (χ2n) is 9.35. The average Bonchev–Trinajstić information content (AvgIpc) is 3.50. The van der Waals surface area contributed by atoms with Crippen LogP contribution in [-0.4, -0.2) is 85.4 Å². The number of ether oxygens (including phenoxy) is 1. The third-order valence-electron chi connectivity index (χ3n) is 7.04. The molecule has 9 nitrogen and oxygen atoms in total. The highest BCUT2D eigenvalue weighted by Crippen LogP contribution is 2.53. The van der Waals surface area contributed by atoms with Gasteiger partial charge in [-0.3, -0.25) is 0 Å². The Labute approximate surface area is 184 Å². The van der Waals surface area contributed by atoms with Crippen LogP contribution < -0.4 is 9.64 Å². The van der Waals surface area contributed by atoms with Gasteiger partial charge in [-0.15, -0.1) is 0 Å². The molecule has 0 radical (unpaired) electrons. The number of likely N-dealkylation sites (tertiary alicyclic amines) is 1. The summed E-state index contributed by atoms with van der Waals surface area (Å²) in [6.45, 7) is 5.48. The molecule has 3 fully saturated rings. The summed E-state index contributed by atoms with van der Waals surface area (Å²) in [5.41, 5.74) is 0.126. The number of hydrogen-bond donors (Lipinski definition) is 1. The molecule has 3 aliphatic rings. The third kappa shape index (κ3) is 5.06. The Morgan fingerprint density at radius 1 is 1.23 bits per heavy atom. The topological polar surface area (TPSA) is 103 Å². The Bertz CT molecular complexity index is 895. The van der Waals surface area contributed by atoms with Gasteiger partial charge in [0.2, 0.25) is 10.0 Å². The Morgan fingerprint density at radius 3 is 2.48 bits per heavy atom. The van der Waals surface area contributed by atoms with Gasteiger partial charge in [-0.1, -0.05) is 6.92 Å². The number of hydrogen-bond acceptors (Lipinski definition) is 6. The van der Waals surface area contributed by atoms with Crippen molar-refractivity contribution in [3.63, 3.8) is 0 Å². The van der Waals surface area contributed by atoms with Crippen molar-refractivity contribution in [2.75, 3.05) is 50.5 Å². The highest BCUT2D eigenvalue weighted by Gasteiger charge is 2.50. The Morgan fingerprint density at radius 2 is 1.94 bits per heavy atom. The Hall–Kier alpha value is -2.07. The minimum atomic E-state index is -3.14. The minimum absolute atomic E-state index is 0.0819. The van der Waals surface area contributed by atoms with Gasteiger partial charge in [0.05, 0.1) is 19.1 Å². The number of carbonyl (C=O) groups is 1. The van der Waals surface area contributed by atoms with Crippen molar-refractivity contribution in [2.24, 2.45) is 11.3 Å². The van der Waals surface area contributed by atoms with E-state index in [1.54, 1.807) is 11.1 Å². The van der Waals surface area contributed by atoms with E-state index in [0.29, 0.717) is 51.0 Å². The quantitative estimate of drug-likeness (QED) is 0.705. The van der Waals surface area contributed by atoms with Gasteiger partial charge in [0.1, 0.15) is 11.6 Å². The van der Waals surface area contributed by atoms with Crippen LogP contribution in [-0.2, 0) is 10.0 Å². The predicted molar refractivity (Wildman–Crippen MR) is 117 cm³/mol. The first-order valence-corrected chi connectivity index (χ1v) is 12.8. The largest absolute Gasteiger partial charge is 0.492 e. The molecule has 2 atom stereocenters. The molecule has 1 amide bonds. The molecule has 1 saturated carbocycles. The number of nitrogens with zero attached hydrogens (tertiary/aromatic N) is 4. The van der Waals surface area contributed by atoms with Crippen LogP contribution in [0.5, 0.6) is 5.75 Å². The summed E-state index contributed by atoms with van der Waals surface area (Å²) in [4.78, 5) is 19.8. The molecule has 0 aromatic carbocycles. The molecule has 2 unspecified atom stereocenters. The minimum Gasteiger partial charge on any atom is -0.492 e. The molecule has 3 heterocycles. The van der Waals surface area contributed by atoms with E-state index in [9.17, 15) is 18.3 Å². The van der Waals surface area contributed by atoms with Crippen molar-refractivity contribution in [2.45, 2.75) is 38.6 Å². The molecule has 4 rings (SSSR count). The Kier molecular flexibility index (Phi) is 6.04. The SMILES string of the molecule is CC1(C2CC(COc3ccc(N4CCN(S(C)(=O)=O)CC4)nc3)CCN2C(=O)O)CC1. The lowest BCUT2D eigenvalue weighted by Crippen LogP contribution is -2.50. The van der Waals surface area contributed by atoms with Gasteiger partial charge in [0, 0.05) is 38.8 Å². The molecule has 172 valence electrons. The standard InChI is InChI=1S/C21H32N4O5S/c1-21(6-7-21)18-13-16(5-8-25(18)20(26)27)15-30-17-3-4-19(22-14-17)23-9-11-24(12-10-23)31(2,28)29/h3-4,14,16,18H,5-13,15H2,1-2H3,(H,26,27). The van der Waals surface area contributed by atoms with Crippen LogP contribution in [0.3, 0.4) is 0 Å². The summed E-state index contributed by atoms with van der Waals surface area (Å²) in [6, 6.07) is 3.89. The van der Waals surface area contributed by atoms with Crippen molar-refractivity contribution < 1.29 is 23.1 Å². The van der Waals surface area contributed by atoms with Gasteiger partial charge in [-0.05, 0) is 49.1 Å². The van der Waals surface area contributed by atoms with Crippen LogP contribution in [0.15, 0.2) is 18.3 Å². The monoisotopic (exact) mass is 452 g/mol. The van der Waals surface area contributed by atoms with E-state index in [4.69, 9.17) is 4.74 Å². The lowest BCUT2D eigenvalue weighted by molar-refractivity contribution is 0.0489. The average molecular weight is 453 g/mol. The van der Waals surface area contributed by atoms with E-state index in [-0.39, 0.29) is 11.5 Å². The maximum Gasteiger partial charge on any atom is 0.407 e. The maximum absolute atomic E-state index is 11.6. The van der Waals surface area contributed by atoms with Crippen LogP contribution in [0.25, 0.3) is 0 Å². The summed E-state index contributed by atoms with van der Waals surface area (Å²) < 4.78 is 30.8. The molecule has 31 heavy (non-hydrogen) atoms. The number of anilines is 1. The van der Waals surface area contributed by atoms with Crippen molar-refractivity contribution in [1.29, 1.82) is 0 Å². The number of sulfonamides is 1. The van der Waals surface area contributed by atoms with Gasteiger partial charge < -0.3 is 19.6 Å². The summed E-state index contributed by atoms with van der Waals surface area (Å²) in [6.07, 6.45) is 6.00. The van der Waals surface area contributed by atoms with Crippen molar-refractivity contribution in [1.82, 2.24) is 14.2 Å². The number of piperidine rings is 1. The lowest BCUT2D eigenvalue weighted by Gasteiger charge is -2.41. The van der Waals surface area contributed by atoms with E-state index in [2.05, 4.69) is 16.8 Å². The molecule has 1 aromatic rings. The first-order valence-electron chi connectivity index (χ1n) is 10.9. The predicted octanol–water partition coefficient (Wildman–Crippen LogP) is 2.10. The fraction of sp³-hybridized carbons (Fsp3) is 0.714. The van der Waals surface area contributed by atoms with Gasteiger partial charge in [0.15, 0.2) is 0 Å². The fourth-order valence-electron chi connectivity index (χ4n) is 4.72. The maximum atomic E-state index is 11.6. The van der Waals surface area contributed by atoms with Crippen molar-refractivity contribution in [3.8, 4) is 5.75 Å². The lowest BCUT2D eigenvalue weighted by atomic mass is 9.83. The van der Waals surface area contributed by atoms with Gasteiger partial charge in [0.25, 0.3) is 0 Å². The molecule has 1 aliphatic carbocycles. The number of piperazine rings is 1. The molecule has 10 heteroatoms. The van der Waals surface area contributed by atoms with Gasteiger partial charge in [-0.2, -0.15) is 4.31 Å². The van der Waals surface area contributed by atoms with E-state index in [0.717, 1.165) is 31.5 Å². The van der Waals surface area contributed by atoms with Crippen LogP contribution in [0.2, 0.25) is 0 Å². The zero-order valence-electron chi connectivity index (χ0n) is 18.2. The van der Waals surface area contributed by atoms with Crippen molar-refractivity contribution >= 4 is 21.9 Å². The number of rotatable bonds is 6. The molecule has 1 aromatic heterocycles. The van der Waals surface area contributed by atoms with Crippen molar-refractivity contribution in [3.05, 3.63) is 18.3 Å². The molecule has 2 saturated heterocycles. The number of amides is 1. The smallest absolute Gasteiger partial charge is 0.407 e. The van der Waals surface area contributed by atoms with E-state index >= 15 is 0 Å². The highest BCUT2D eigenvalue weighted by atomic mass is 32.2. The second kappa shape index (κ2) is 8.46. The molecular formula is C21H32N4O5S. The van der Waals surface area contributed by atoms with Crippen LogP contribution in [0.4, 0.5) is 10.6 Å². The van der Waals surface area contributed by atoms with Crippen LogP contribution in [0, 0.1) is 11.3 Å². The highest BCUT2D eigenvalue weighted by molar-refractivity contribution is 7.88. The first kappa shape index (κ1) is 22.1. The Balaban J connectivity index is 1.29. The van der Waals surface area contributed by atoms with Gasteiger partial charge >= 0.3 is 6.09 Å². The zero-order valence-corrected chi connectivity index (χ0v) is 19.1. The molecular weight excluding hydrogens is 420 g/mol. The van der Waals surface area contributed by atoms with Gasteiger partial charge in [-0.25, -0.2) is 18.2 Å². The fourth-order valence-corrected chi connectivity index (χ4v) is 5.54. The van der Waals surface area contributed by atoms with E-state index in [1.807, 2.05) is 12.1 Å².